The molecule has 1 aliphatic heterocycles. The number of aromatic nitrogens is 3. The van der Waals surface area contributed by atoms with Crippen LogP contribution >= 0.6 is 11.9 Å². The molecular weight excluding hydrogens is 436 g/mol. The normalized spacial score (nSPS) is 14.7. The third-order valence-electron chi connectivity index (χ3n) is 6.17. The SMILES string of the molecule is CSNc1ccc(-c2cc3c(-c4cnn(C5CCN(C(C)=O)CC5)c4)cnc(N)c3o2)cc1. The number of hydrogen-bond donors (Lipinski definition) is 2. The van der Waals surface area contributed by atoms with Crippen LogP contribution in [0.3, 0.4) is 0 Å². The van der Waals surface area contributed by atoms with Crippen LogP contribution in [0.1, 0.15) is 25.8 Å². The number of furan rings is 1. The van der Waals surface area contributed by atoms with Gasteiger partial charge in [0.05, 0.1) is 12.2 Å². The van der Waals surface area contributed by atoms with Gasteiger partial charge in [0.25, 0.3) is 0 Å². The second-order valence-corrected chi connectivity index (χ2v) is 8.85. The van der Waals surface area contributed by atoms with Gasteiger partial charge in [-0.25, -0.2) is 4.98 Å². The molecular formula is C24H26N6O2S. The van der Waals surface area contributed by atoms with E-state index in [1.54, 1.807) is 25.1 Å². The van der Waals surface area contributed by atoms with Crippen molar-refractivity contribution >= 4 is 40.3 Å². The number of carbonyl (C=O) groups is 1. The van der Waals surface area contributed by atoms with Crippen molar-refractivity contribution in [1.82, 2.24) is 19.7 Å². The Kier molecular flexibility index (Phi) is 5.72. The van der Waals surface area contributed by atoms with Crippen LogP contribution in [0.25, 0.3) is 33.4 Å². The highest BCUT2D eigenvalue weighted by atomic mass is 32.2. The van der Waals surface area contributed by atoms with Crippen molar-refractivity contribution in [1.29, 1.82) is 0 Å². The van der Waals surface area contributed by atoms with Crippen LogP contribution in [-0.2, 0) is 4.79 Å². The standard InChI is InChI=1S/C24H26N6O2S/c1-15(31)29-9-7-19(8-10-29)30-14-17(12-27-30)21-13-26-24(25)23-20(21)11-22(32-23)16-3-5-18(6-4-16)28-33-2/h3-6,11-14,19,28H,7-10H2,1-2H3,(H2,25,26). The van der Waals surface area contributed by atoms with E-state index in [-0.39, 0.29) is 11.9 Å². The molecule has 1 fully saturated rings. The van der Waals surface area contributed by atoms with E-state index < -0.39 is 0 Å². The Hall–Kier alpha value is -3.46. The quantitative estimate of drug-likeness (QED) is 0.410. The van der Waals surface area contributed by atoms with E-state index in [0.717, 1.165) is 59.5 Å². The van der Waals surface area contributed by atoms with Crippen molar-refractivity contribution in [2.24, 2.45) is 0 Å². The molecule has 0 aliphatic carbocycles. The summed E-state index contributed by atoms with van der Waals surface area (Å²) in [4.78, 5) is 17.9. The number of hydrogen-bond acceptors (Lipinski definition) is 7. The molecule has 1 amide bonds. The summed E-state index contributed by atoms with van der Waals surface area (Å²) in [5.41, 5.74) is 10.6. The predicted molar refractivity (Wildman–Crippen MR) is 133 cm³/mol. The number of piperidine rings is 1. The maximum atomic E-state index is 11.6. The highest BCUT2D eigenvalue weighted by Crippen LogP contribution is 2.37. The molecule has 170 valence electrons. The number of nitrogen functional groups attached to an aromatic ring is 1. The Labute approximate surface area is 196 Å². The molecule has 8 nitrogen and oxygen atoms in total. The molecule has 1 aliphatic rings. The van der Waals surface area contributed by atoms with Crippen LogP contribution in [-0.4, -0.2) is 44.9 Å². The van der Waals surface area contributed by atoms with Crippen LogP contribution < -0.4 is 10.5 Å². The number of nitrogens with two attached hydrogens (primary N) is 1. The minimum Gasteiger partial charge on any atom is -0.452 e. The fraction of sp³-hybridized carbons (Fsp3) is 0.292. The van der Waals surface area contributed by atoms with Crippen molar-refractivity contribution in [3.05, 3.63) is 48.9 Å². The summed E-state index contributed by atoms with van der Waals surface area (Å²) >= 11 is 1.55. The zero-order valence-corrected chi connectivity index (χ0v) is 19.4. The number of pyridine rings is 1. The number of nitrogens with one attached hydrogen (secondary N) is 1. The minimum atomic E-state index is 0.135. The molecule has 9 heteroatoms. The van der Waals surface area contributed by atoms with Gasteiger partial charge in [0.2, 0.25) is 5.91 Å². The van der Waals surface area contributed by atoms with Gasteiger partial charge in [0, 0.05) is 66.4 Å². The number of anilines is 2. The first kappa shape index (κ1) is 21.4. The molecule has 1 aromatic carbocycles. The fourth-order valence-corrected chi connectivity index (χ4v) is 4.73. The Morgan fingerprint density at radius 2 is 1.94 bits per heavy atom. The largest absolute Gasteiger partial charge is 0.452 e. The number of nitrogens with zero attached hydrogens (tertiary/aromatic N) is 4. The summed E-state index contributed by atoms with van der Waals surface area (Å²) < 4.78 is 11.4. The number of fused-ring (bicyclic) bond motifs is 1. The average molecular weight is 463 g/mol. The van der Waals surface area contributed by atoms with Gasteiger partial charge < -0.3 is 19.8 Å². The van der Waals surface area contributed by atoms with E-state index in [1.165, 1.54) is 0 Å². The van der Waals surface area contributed by atoms with Crippen LogP contribution in [0.2, 0.25) is 0 Å². The molecule has 0 saturated carbocycles. The number of amides is 1. The topological polar surface area (TPSA) is 102 Å². The lowest BCUT2D eigenvalue weighted by atomic mass is 10.0. The van der Waals surface area contributed by atoms with E-state index >= 15 is 0 Å². The fourth-order valence-electron chi connectivity index (χ4n) is 4.36. The van der Waals surface area contributed by atoms with Crippen molar-refractivity contribution in [2.45, 2.75) is 25.8 Å². The molecule has 0 bridgehead atoms. The molecule has 0 spiro atoms. The van der Waals surface area contributed by atoms with Gasteiger partial charge in [0.1, 0.15) is 5.76 Å². The van der Waals surface area contributed by atoms with Gasteiger partial charge in [0.15, 0.2) is 11.4 Å². The lowest BCUT2D eigenvalue weighted by molar-refractivity contribution is -0.130. The maximum Gasteiger partial charge on any atom is 0.219 e. The molecule has 5 rings (SSSR count). The number of likely N-dealkylation sites (tertiary alicyclic amines) is 1. The van der Waals surface area contributed by atoms with Crippen molar-refractivity contribution in [3.63, 3.8) is 0 Å². The van der Waals surface area contributed by atoms with E-state index in [4.69, 9.17) is 10.2 Å². The second-order valence-electron chi connectivity index (χ2n) is 8.24. The third-order valence-corrected chi connectivity index (χ3v) is 6.61. The highest BCUT2D eigenvalue weighted by Gasteiger charge is 2.23. The second kappa shape index (κ2) is 8.82. The van der Waals surface area contributed by atoms with Gasteiger partial charge in [-0.05, 0) is 43.2 Å². The molecule has 0 atom stereocenters. The van der Waals surface area contributed by atoms with Gasteiger partial charge in [-0.2, -0.15) is 5.10 Å². The van der Waals surface area contributed by atoms with Crippen LogP contribution in [0.4, 0.5) is 11.5 Å². The number of benzene rings is 1. The molecule has 3 N–H and O–H groups in total. The van der Waals surface area contributed by atoms with E-state index in [9.17, 15) is 4.79 Å². The first-order valence-electron chi connectivity index (χ1n) is 10.9. The molecule has 33 heavy (non-hydrogen) atoms. The van der Waals surface area contributed by atoms with E-state index in [0.29, 0.717) is 11.4 Å². The zero-order valence-electron chi connectivity index (χ0n) is 18.6. The van der Waals surface area contributed by atoms with Crippen LogP contribution in [0, 0.1) is 0 Å². The molecule has 0 unspecified atom stereocenters. The van der Waals surface area contributed by atoms with Gasteiger partial charge in [-0.15, -0.1) is 0 Å². The lowest BCUT2D eigenvalue weighted by Crippen LogP contribution is -2.37. The summed E-state index contributed by atoms with van der Waals surface area (Å²) in [5.74, 6) is 1.24. The maximum absolute atomic E-state index is 11.6. The summed E-state index contributed by atoms with van der Waals surface area (Å²) in [6.45, 7) is 3.15. The summed E-state index contributed by atoms with van der Waals surface area (Å²) in [6.07, 6.45) is 9.47. The summed E-state index contributed by atoms with van der Waals surface area (Å²) in [6, 6.07) is 10.4. The summed E-state index contributed by atoms with van der Waals surface area (Å²) in [7, 11) is 0. The van der Waals surface area contributed by atoms with Crippen molar-refractivity contribution in [3.8, 4) is 22.5 Å². The van der Waals surface area contributed by atoms with E-state index in [2.05, 4.69) is 21.0 Å². The molecule has 4 aromatic rings. The van der Waals surface area contributed by atoms with Gasteiger partial charge in [-0.1, -0.05) is 11.9 Å². The Morgan fingerprint density at radius 1 is 1.18 bits per heavy atom. The van der Waals surface area contributed by atoms with Crippen molar-refractivity contribution < 1.29 is 9.21 Å². The minimum absolute atomic E-state index is 0.135. The Balaban J connectivity index is 1.45. The smallest absolute Gasteiger partial charge is 0.219 e. The average Bonchev–Trinajstić information content (AvgIpc) is 3.49. The van der Waals surface area contributed by atoms with Gasteiger partial charge in [-0.3, -0.25) is 9.48 Å². The third kappa shape index (κ3) is 4.16. The monoisotopic (exact) mass is 462 g/mol. The van der Waals surface area contributed by atoms with Crippen LogP contribution in [0.5, 0.6) is 0 Å². The summed E-state index contributed by atoms with van der Waals surface area (Å²) in [5, 5.41) is 5.53. The number of carbonyl (C=O) groups excluding carboxylic acids is 1. The van der Waals surface area contributed by atoms with Gasteiger partial charge >= 0.3 is 0 Å². The Morgan fingerprint density at radius 3 is 2.64 bits per heavy atom. The number of rotatable bonds is 5. The van der Waals surface area contributed by atoms with Crippen LogP contribution in [0.15, 0.2) is 53.3 Å². The highest BCUT2D eigenvalue weighted by molar-refractivity contribution is 7.99. The van der Waals surface area contributed by atoms with E-state index in [1.807, 2.05) is 52.4 Å². The zero-order chi connectivity index (χ0) is 22.9. The predicted octanol–water partition coefficient (Wildman–Crippen LogP) is 4.81. The molecule has 0 radical (unpaired) electrons. The first-order chi connectivity index (χ1) is 16.0. The molecule has 1 saturated heterocycles. The van der Waals surface area contributed by atoms with Crippen molar-refractivity contribution in [2.75, 3.05) is 29.8 Å². The Bertz CT molecular complexity index is 1290. The first-order valence-corrected chi connectivity index (χ1v) is 12.1. The molecule has 3 aromatic heterocycles. The lowest BCUT2D eigenvalue weighted by Gasteiger charge is -2.31. The molecule has 4 heterocycles.